The van der Waals surface area contributed by atoms with Gasteiger partial charge in [-0.2, -0.15) is 0 Å². The van der Waals surface area contributed by atoms with Crippen molar-refractivity contribution in [2.24, 2.45) is 12.5 Å². The molecule has 1 N–H and O–H groups in total. The third kappa shape index (κ3) is 3.30. The smallest absolute Gasteiger partial charge is 0.263 e. The Morgan fingerprint density at radius 2 is 2.12 bits per heavy atom. The second kappa shape index (κ2) is 7.16. The van der Waals surface area contributed by atoms with E-state index in [1.165, 1.54) is 0 Å². The molecular formula is C20H28N2O3. The number of carbonyl (C=O) groups is 1. The second-order valence-corrected chi connectivity index (χ2v) is 7.58. The number of carbonyl (C=O) groups excluding carboxylic acids is 1. The highest BCUT2D eigenvalue weighted by atomic mass is 16.3. The van der Waals surface area contributed by atoms with Crippen LogP contribution in [0.2, 0.25) is 0 Å². The quantitative estimate of drug-likeness (QED) is 0.851. The fourth-order valence-electron chi connectivity index (χ4n) is 4.36. The monoisotopic (exact) mass is 344 g/mol. The number of hydrogen-bond acceptors (Lipinski definition) is 3. The topological polar surface area (TPSA) is 62.5 Å². The third-order valence-electron chi connectivity index (χ3n) is 5.83. The van der Waals surface area contributed by atoms with Crippen LogP contribution in [0.3, 0.4) is 0 Å². The minimum Gasteiger partial charge on any atom is -0.396 e. The molecule has 0 radical (unpaired) electrons. The molecule has 5 nitrogen and oxygen atoms in total. The Morgan fingerprint density at radius 1 is 1.36 bits per heavy atom. The summed E-state index contributed by atoms with van der Waals surface area (Å²) in [5, 5.41) is 9.85. The first-order valence-electron chi connectivity index (χ1n) is 9.24. The standard InChI is InChI=1S/C20H28N2O3/c1-3-9-20(14-23)10-6-11-22(13-20)19(25)16-12-15-7-4-5-8-17(15)21(2)18(16)24/h3,12,23H,1,4-11,13-14H2,2H3/t20-/m0/s1. The lowest BCUT2D eigenvalue weighted by molar-refractivity contribution is 0.0283. The van der Waals surface area contributed by atoms with Crippen molar-refractivity contribution >= 4 is 5.91 Å². The van der Waals surface area contributed by atoms with Gasteiger partial charge in [0.25, 0.3) is 11.5 Å². The van der Waals surface area contributed by atoms with E-state index in [0.717, 1.165) is 49.8 Å². The van der Waals surface area contributed by atoms with E-state index >= 15 is 0 Å². The number of allylic oxidation sites excluding steroid dienone is 1. The molecule has 1 aromatic rings. The van der Waals surface area contributed by atoms with Crippen LogP contribution in [-0.2, 0) is 19.9 Å². The Bertz CT molecular complexity index is 737. The SMILES string of the molecule is C=CC[C@]1(CO)CCCN(C(=O)c2cc3c(n(C)c2=O)CCCC3)C1. The van der Waals surface area contributed by atoms with Crippen molar-refractivity contribution in [3.05, 3.63) is 45.9 Å². The number of hydrogen-bond donors (Lipinski definition) is 1. The summed E-state index contributed by atoms with van der Waals surface area (Å²) in [5.41, 5.74) is 1.95. The maximum Gasteiger partial charge on any atom is 0.263 e. The molecule has 0 spiro atoms. The number of likely N-dealkylation sites (tertiary alicyclic amines) is 1. The Kier molecular flexibility index (Phi) is 5.13. The summed E-state index contributed by atoms with van der Waals surface area (Å²) in [5.74, 6) is -0.199. The van der Waals surface area contributed by atoms with Crippen molar-refractivity contribution in [2.75, 3.05) is 19.7 Å². The van der Waals surface area contributed by atoms with Gasteiger partial charge in [0.1, 0.15) is 5.56 Å². The van der Waals surface area contributed by atoms with Crippen LogP contribution >= 0.6 is 0 Å². The van der Waals surface area contributed by atoms with Crippen LogP contribution in [0.4, 0.5) is 0 Å². The molecule has 1 aromatic heterocycles. The van der Waals surface area contributed by atoms with E-state index < -0.39 is 0 Å². The summed E-state index contributed by atoms with van der Waals surface area (Å²) >= 11 is 0. The number of fused-ring (bicyclic) bond motifs is 1. The zero-order valence-electron chi connectivity index (χ0n) is 15.1. The van der Waals surface area contributed by atoms with Gasteiger partial charge in [0.2, 0.25) is 0 Å². The number of pyridine rings is 1. The molecule has 2 heterocycles. The maximum atomic E-state index is 13.1. The van der Waals surface area contributed by atoms with Crippen LogP contribution in [0.1, 0.15) is 53.7 Å². The van der Waals surface area contributed by atoms with E-state index in [-0.39, 0.29) is 29.1 Å². The Labute approximate surface area is 149 Å². The maximum absolute atomic E-state index is 13.1. The first-order valence-corrected chi connectivity index (χ1v) is 9.24. The van der Waals surface area contributed by atoms with Gasteiger partial charge in [-0.05, 0) is 56.6 Å². The molecule has 1 aliphatic heterocycles. The van der Waals surface area contributed by atoms with Crippen molar-refractivity contribution in [1.29, 1.82) is 0 Å². The van der Waals surface area contributed by atoms with Crippen molar-refractivity contribution in [1.82, 2.24) is 9.47 Å². The van der Waals surface area contributed by atoms with Crippen LogP contribution in [-0.4, -0.2) is 40.2 Å². The van der Waals surface area contributed by atoms with Gasteiger partial charge in [0.15, 0.2) is 0 Å². The molecule has 3 rings (SSSR count). The lowest BCUT2D eigenvalue weighted by atomic mass is 9.77. The fourth-order valence-corrected chi connectivity index (χ4v) is 4.36. The van der Waals surface area contributed by atoms with Gasteiger partial charge in [-0.3, -0.25) is 9.59 Å². The Hall–Kier alpha value is -1.88. The van der Waals surface area contributed by atoms with Crippen LogP contribution in [0.25, 0.3) is 0 Å². The molecule has 1 atom stereocenters. The average molecular weight is 344 g/mol. The van der Waals surface area contributed by atoms with E-state index in [1.807, 2.05) is 12.1 Å². The summed E-state index contributed by atoms with van der Waals surface area (Å²) < 4.78 is 1.66. The Balaban J connectivity index is 1.92. The molecular weight excluding hydrogens is 316 g/mol. The van der Waals surface area contributed by atoms with Gasteiger partial charge in [-0.25, -0.2) is 0 Å². The van der Waals surface area contributed by atoms with E-state index in [1.54, 1.807) is 16.5 Å². The highest BCUT2D eigenvalue weighted by Gasteiger charge is 2.36. The summed E-state index contributed by atoms with van der Waals surface area (Å²) in [7, 11) is 1.77. The normalized spacial score (nSPS) is 23.2. The molecule has 1 saturated heterocycles. The van der Waals surface area contributed by atoms with Gasteiger partial charge in [0.05, 0.1) is 6.61 Å². The first-order chi connectivity index (χ1) is 12.0. The lowest BCUT2D eigenvalue weighted by Crippen LogP contribution is -2.49. The van der Waals surface area contributed by atoms with E-state index in [4.69, 9.17) is 0 Å². The predicted octanol–water partition coefficient (Wildman–Crippen LogP) is 2.05. The van der Waals surface area contributed by atoms with Crippen molar-refractivity contribution in [3.63, 3.8) is 0 Å². The second-order valence-electron chi connectivity index (χ2n) is 7.58. The largest absolute Gasteiger partial charge is 0.396 e. The molecule has 0 bridgehead atoms. The summed E-state index contributed by atoms with van der Waals surface area (Å²) in [6, 6.07) is 1.82. The summed E-state index contributed by atoms with van der Waals surface area (Å²) in [4.78, 5) is 27.5. The highest BCUT2D eigenvalue weighted by molar-refractivity contribution is 5.94. The number of nitrogens with zero attached hydrogens (tertiary/aromatic N) is 2. The molecule has 0 saturated carbocycles. The predicted molar refractivity (Wildman–Crippen MR) is 97.8 cm³/mol. The van der Waals surface area contributed by atoms with Crippen molar-refractivity contribution < 1.29 is 9.90 Å². The summed E-state index contributed by atoms with van der Waals surface area (Å²) in [6.07, 6.45) is 8.24. The number of aryl methyl sites for hydroxylation is 1. The Morgan fingerprint density at radius 3 is 2.84 bits per heavy atom. The van der Waals surface area contributed by atoms with Crippen LogP contribution in [0.15, 0.2) is 23.5 Å². The van der Waals surface area contributed by atoms with Gasteiger partial charge in [-0.1, -0.05) is 6.08 Å². The van der Waals surface area contributed by atoms with Gasteiger partial charge >= 0.3 is 0 Å². The van der Waals surface area contributed by atoms with Crippen molar-refractivity contribution in [2.45, 2.75) is 44.9 Å². The number of aliphatic hydroxyl groups excluding tert-OH is 1. The van der Waals surface area contributed by atoms with Crippen LogP contribution < -0.4 is 5.56 Å². The number of aromatic nitrogens is 1. The molecule has 25 heavy (non-hydrogen) atoms. The van der Waals surface area contributed by atoms with E-state index in [9.17, 15) is 14.7 Å². The zero-order valence-corrected chi connectivity index (χ0v) is 15.1. The third-order valence-corrected chi connectivity index (χ3v) is 5.83. The number of amides is 1. The number of piperidine rings is 1. The molecule has 0 unspecified atom stereocenters. The van der Waals surface area contributed by atoms with E-state index in [2.05, 4.69) is 6.58 Å². The minimum atomic E-state index is -0.324. The minimum absolute atomic E-state index is 0.0327. The molecule has 136 valence electrons. The number of aliphatic hydroxyl groups is 1. The van der Waals surface area contributed by atoms with Crippen LogP contribution in [0, 0.1) is 5.41 Å². The molecule has 2 aliphatic rings. The van der Waals surface area contributed by atoms with Gasteiger partial charge < -0.3 is 14.6 Å². The van der Waals surface area contributed by atoms with Gasteiger partial charge in [-0.15, -0.1) is 6.58 Å². The van der Waals surface area contributed by atoms with Crippen LogP contribution in [0.5, 0.6) is 0 Å². The summed E-state index contributed by atoms with van der Waals surface area (Å²) in [6.45, 7) is 4.93. The molecule has 1 aliphatic carbocycles. The molecule has 1 amide bonds. The first kappa shape index (κ1) is 17.9. The van der Waals surface area contributed by atoms with Gasteiger partial charge in [0, 0.05) is 31.2 Å². The van der Waals surface area contributed by atoms with Crippen molar-refractivity contribution in [3.8, 4) is 0 Å². The lowest BCUT2D eigenvalue weighted by Gasteiger charge is -2.41. The zero-order chi connectivity index (χ0) is 18.0. The molecule has 1 fully saturated rings. The fraction of sp³-hybridized carbons (Fsp3) is 0.600. The van der Waals surface area contributed by atoms with E-state index in [0.29, 0.717) is 19.5 Å². The molecule has 0 aromatic carbocycles. The highest BCUT2D eigenvalue weighted by Crippen LogP contribution is 2.34. The molecule has 5 heteroatoms. The number of rotatable bonds is 4. The average Bonchev–Trinajstić information content (AvgIpc) is 2.64.